The predicted molar refractivity (Wildman–Crippen MR) is 61.4 cm³/mol. The second-order valence-corrected chi connectivity index (χ2v) is 5.73. The molecule has 0 unspecified atom stereocenters. The molecule has 92 valence electrons. The molecule has 0 aromatic carbocycles. The van der Waals surface area contributed by atoms with E-state index in [1.165, 1.54) is 7.11 Å². The largest absolute Gasteiger partial charge is 0.495 e. The van der Waals surface area contributed by atoms with Gasteiger partial charge in [0.25, 0.3) is 0 Å². The van der Waals surface area contributed by atoms with Gasteiger partial charge in [-0.3, -0.25) is 0 Å². The van der Waals surface area contributed by atoms with Crippen LogP contribution in [-0.2, 0) is 4.43 Å². The maximum Gasteiger partial charge on any atom is 0.495 e. The molecule has 0 rings (SSSR count). The fourth-order valence-electron chi connectivity index (χ4n) is 1.07. The molecule has 15 heavy (non-hydrogen) atoms. The van der Waals surface area contributed by atoms with E-state index >= 15 is 0 Å². The zero-order valence-electron chi connectivity index (χ0n) is 9.33. The van der Waals surface area contributed by atoms with Crippen LogP contribution in [0.5, 0.6) is 0 Å². The van der Waals surface area contributed by atoms with E-state index in [4.69, 9.17) is 5.73 Å². The highest BCUT2D eigenvalue weighted by molar-refractivity contribution is 6.57. The molecule has 0 saturated carbocycles. The van der Waals surface area contributed by atoms with E-state index in [1.807, 2.05) is 0 Å². The van der Waals surface area contributed by atoms with Gasteiger partial charge in [-0.1, -0.05) is 0 Å². The molecule has 0 radical (unpaired) electrons. The van der Waals surface area contributed by atoms with Crippen molar-refractivity contribution < 1.29 is 14.0 Å². The van der Waals surface area contributed by atoms with Crippen LogP contribution in [0.1, 0.15) is 6.42 Å². The lowest BCUT2D eigenvalue weighted by atomic mass is 10.4. The number of hydrogen-bond donors (Lipinski definition) is 5. The third-order valence-corrected chi connectivity index (χ3v) is 3.64. The number of nitrogens with one attached hydrogen (secondary N) is 2. The summed E-state index contributed by atoms with van der Waals surface area (Å²) in [6.07, 6.45) is 0.712. The van der Waals surface area contributed by atoms with Crippen molar-refractivity contribution in [3.05, 3.63) is 0 Å². The minimum Gasteiger partial charge on any atom is -0.390 e. The molecule has 0 aliphatic carbocycles. The SMILES string of the molecule is CO[Si](O)(O)CCCNCCNCCN. The Morgan fingerprint density at radius 2 is 1.73 bits per heavy atom. The maximum absolute atomic E-state index is 9.21. The minimum atomic E-state index is -3.33. The van der Waals surface area contributed by atoms with Gasteiger partial charge < -0.3 is 30.4 Å². The van der Waals surface area contributed by atoms with Crippen LogP contribution >= 0.6 is 0 Å². The Balaban J connectivity index is 3.11. The quantitative estimate of drug-likeness (QED) is 0.224. The zero-order valence-corrected chi connectivity index (χ0v) is 10.3. The normalized spacial score (nSPS) is 12.0. The van der Waals surface area contributed by atoms with Crippen LogP contribution in [0.2, 0.25) is 6.04 Å². The average Bonchev–Trinajstić information content (AvgIpc) is 2.22. The summed E-state index contributed by atoms with van der Waals surface area (Å²) in [5, 5.41) is 6.33. The summed E-state index contributed by atoms with van der Waals surface area (Å²) in [6, 6.07) is 0.340. The highest BCUT2D eigenvalue weighted by Gasteiger charge is 2.29. The Morgan fingerprint density at radius 1 is 1.13 bits per heavy atom. The molecule has 0 spiro atoms. The molecule has 0 fully saturated rings. The van der Waals surface area contributed by atoms with Gasteiger partial charge in [0, 0.05) is 39.3 Å². The van der Waals surface area contributed by atoms with E-state index in [0.29, 0.717) is 19.0 Å². The van der Waals surface area contributed by atoms with E-state index in [9.17, 15) is 9.59 Å². The summed E-state index contributed by atoms with van der Waals surface area (Å²) < 4.78 is 4.59. The standard InChI is InChI=1S/C8H23N3O3Si/c1-14-15(12,13)8-2-4-10-6-7-11-5-3-9/h10-13H,2-9H2,1H3. The molecule has 0 amide bonds. The Hall–Kier alpha value is -0.0231. The fourth-order valence-corrected chi connectivity index (χ4v) is 1.92. The lowest BCUT2D eigenvalue weighted by molar-refractivity contribution is 0.183. The van der Waals surface area contributed by atoms with E-state index in [-0.39, 0.29) is 0 Å². The topological polar surface area (TPSA) is 99.8 Å². The third-order valence-electron chi connectivity index (χ3n) is 1.98. The van der Waals surface area contributed by atoms with E-state index in [2.05, 4.69) is 15.1 Å². The van der Waals surface area contributed by atoms with E-state index in [0.717, 1.165) is 26.2 Å². The van der Waals surface area contributed by atoms with Crippen molar-refractivity contribution in [3.8, 4) is 0 Å². The van der Waals surface area contributed by atoms with Crippen LogP contribution in [0, 0.1) is 0 Å². The molecule has 0 aromatic heterocycles. The Kier molecular flexibility index (Phi) is 9.21. The molecule has 0 aliphatic rings. The summed E-state index contributed by atoms with van der Waals surface area (Å²) >= 11 is 0. The van der Waals surface area contributed by atoms with Crippen LogP contribution in [0.4, 0.5) is 0 Å². The van der Waals surface area contributed by atoms with Crippen LogP contribution in [0.15, 0.2) is 0 Å². The van der Waals surface area contributed by atoms with Gasteiger partial charge in [-0.2, -0.15) is 0 Å². The van der Waals surface area contributed by atoms with Crippen molar-refractivity contribution in [1.82, 2.24) is 10.6 Å². The van der Waals surface area contributed by atoms with Gasteiger partial charge in [-0.25, -0.2) is 0 Å². The molecule has 0 heterocycles. The smallest absolute Gasteiger partial charge is 0.390 e. The highest BCUT2D eigenvalue weighted by atomic mass is 28.4. The summed E-state index contributed by atoms with van der Waals surface area (Å²) in [5.41, 5.74) is 5.31. The number of rotatable bonds is 10. The minimum absolute atomic E-state index is 0.340. The second kappa shape index (κ2) is 9.22. The van der Waals surface area contributed by atoms with Crippen molar-refractivity contribution in [2.75, 3.05) is 39.8 Å². The summed E-state index contributed by atoms with van der Waals surface area (Å²) in [6.45, 7) is 3.98. The predicted octanol–water partition coefficient (Wildman–Crippen LogP) is -1.92. The first-order chi connectivity index (χ1) is 7.12. The van der Waals surface area contributed by atoms with Gasteiger partial charge in [0.05, 0.1) is 0 Å². The van der Waals surface area contributed by atoms with E-state index in [1.54, 1.807) is 0 Å². The van der Waals surface area contributed by atoms with Crippen LogP contribution in [0.25, 0.3) is 0 Å². The summed E-state index contributed by atoms with van der Waals surface area (Å²) in [7, 11) is -2.00. The first-order valence-electron chi connectivity index (χ1n) is 5.24. The average molecular weight is 237 g/mol. The maximum atomic E-state index is 9.21. The van der Waals surface area contributed by atoms with Gasteiger partial charge in [0.15, 0.2) is 0 Å². The van der Waals surface area contributed by atoms with Crippen molar-refractivity contribution in [1.29, 1.82) is 0 Å². The fraction of sp³-hybridized carbons (Fsp3) is 1.00. The molecule has 6 nitrogen and oxygen atoms in total. The summed E-state index contributed by atoms with van der Waals surface area (Å²) in [4.78, 5) is 18.4. The van der Waals surface area contributed by atoms with Gasteiger partial charge in [-0.05, 0) is 13.0 Å². The molecule has 0 bridgehead atoms. The van der Waals surface area contributed by atoms with Crippen molar-refractivity contribution in [2.45, 2.75) is 12.5 Å². The van der Waals surface area contributed by atoms with Crippen molar-refractivity contribution >= 4 is 8.80 Å². The lowest BCUT2D eigenvalue weighted by Crippen LogP contribution is -2.38. The Labute approximate surface area is 92.2 Å². The zero-order chi connectivity index (χ0) is 11.6. The molecule has 0 aliphatic heterocycles. The van der Waals surface area contributed by atoms with E-state index < -0.39 is 8.80 Å². The van der Waals surface area contributed by atoms with Crippen molar-refractivity contribution in [2.24, 2.45) is 5.73 Å². The second-order valence-electron chi connectivity index (χ2n) is 3.34. The van der Waals surface area contributed by atoms with Crippen LogP contribution in [0.3, 0.4) is 0 Å². The van der Waals surface area contributed by atoms with Gasteiger partial charge in [0.1, 0.15) is 0 Å². The van der Waals surface area contributed by atoms with Gasteiger partial charge in [0.2, 0.25) is 0 Å². The molecular weight excluding hydrogens is 214 g/mol. The van der Waals surface area contributed by atoms with Crippen molar-refractivity contribution in [3.63, 3.8) is 0 Å². The molecule has 7 heteroatoms. The monoisotopic (exact) mass is 237 g/mol. The molecular formula is C8H23N3O3Si. The molecule has 0 atom stereocenters. The summed E-state index contributed by atoms with van der Waals surface area (Å²) in [5.74, 6) is 0. The molecule has 0 saturated heterocycles. The first-order valence-corrected chi connectivity index (χ1v) is 7.25. The third kappa shape index (κ3) is 10.3. The number of nitrogens with two attached hydrogens (primary N) is 1. The van der Waals surface area contributed by atoms with Gasteiger partial charge in [-0.15, -0.1) is 0 Å². The van der Waals surface area contributed by atoms with Crippen LogP contribution in [-0.4, -0.2) is 58.2 Å². The highest BCUT2D eigenvalue weighted by Crippen LogP contribution is 2.04. The Morgan fingerprint density at radius 3 is 2.27 bits per heavy atom. The number of hydrogen-bond acceptors (Lipinski definition) is 6. The van der Waals surface area contributed by atoms with Gasteiger partial charge >= 0.3 is 8.80 Å². The van der Waals surface area contributed by atoms with Crippen LogP contribution < -0.4 is 16.4 Å². The lowest BCUT2D eigenvalue weighted by Gasteiger charge is -2.14. The molecule has 0 aromatic rings. The Bertz CT molecular complexity index is 149. The first kappa shape index (κ1) is 15.0. The molecule has 6 N–H and O–H groups in total.